The average molecular weight is 385 g/mol. The molecule has 0 spiro atoms. The summed E-state index contributed by atoms with van der Waals surface area (Å²) in [6.07, 6.45) is 2.26. The lowest BCUT2D eigenvalue weighted by molar-refractivity contribution is -0.117. The second-order valence-electron chi connectivity index (χ2n) is 8.48. The van der Waals surface area contributed by atoms with Crippen molar-refractivity contribution in [2.75, 3.05) is 5.32 Å². The lowest BCUT2D eigenvalue weighted by Crippen LogP contribution is -2.20. The van der Waals surface area contributed by atoms with Crippen molar-refractivity contribution in [2.45, 2.75) is 47.6 Å². The molecule has 0 saturated heterocycles. The van der Waals surface area contributed by atoms with Crippen molar-refractivity contribution in [2.24, 2.45) is 5.41 Å². The first kappa shape index (κ1) is 20.0. The van der Waals surface area contributed by atoms with Crippen LogP contribution < -0.4 is 5.32 Å². The number of hydrogen-bond donors (Lipinski definition) is 1. The first-order valence-electron chi connectivity index (χ1n) is 9.24. The second kappa shape index (κ2) is 7.34. The van der Waals surface area contributed by atoms with Crippen LogP contribution in [0.1, 0.15) is 43.9 Å². The topological polar surface area (TPSA) is 46.9 Å². The summed E-state index contributed by atoms with van der Waals surface area (Å²) in [5, 5.41) is 2.89. The molecule has 28 heavy (non-hydrogen) atoms. The van der Waals surface area contributed by atoms with E-state index in [-0.39, 0.29) is 23.4 Å². The van der Waals surface area contributed by atoms with Gasteiger partial charge in [-0.1, -0.05) is 20.8 Å². The molecule has 0 saturated carbocycles. The number of fused-ring (bicyclic) bond motifs is 1. The summed E-state index contributed by atoms with van der Waals surface area (Å²) >= 11 is 0. The van der Waals surface area contributed by atoms with E-state index in [1.54, 1.807) is 0 Å². The molecular weight excluding hydrogens is 360 g/mol. The van der Waals surface area contributed by atoms with Gasteiger partial charge in [0, 0.05) is 18.2 Å². The Morgan fingerprint density at radius 1 is 1.14 bits per heavy atom. The van der Waals surface area contributed by atoms with Gasteiger partial charge in [-0.2, -0.15) is 0 Å². The minimum atomic E-state index is -0.470. The molecule has 2 aromatic heterocycles. The summed E-state index contributed by atoms with van der Waals surface area (Å²) in [7, 11) is 0. The summed E-state index contributed by atoms with van der Waals surface area (Å²) in [6.45, 7) is 9.99. The smallest absolute Gasteiger partial charge is 0.226 e. The Labute approximate surface area is 163 Å². The highest BCUT2D eigenvalue weighted by Crippen LogP contribution is 2.26. The number of aromatic nitrogens is 2. The molecular formula is C22H25F2N3O. The Bertz CT molecular complexity index is 1050. The molecule has 148 valence electrons. The van der Waals surface area contributed by atoms with Crippen LogP contribution >= 0.6 is 0 Å². The van der Waals surface area contributed by atoms with Crippen molar-refractivity contribution >= 4 is 22.8 Å². The van der Waals surface area contributed by atoms with Gasteiger partial charge in [-0.25, -0.2) is 13.8 Å². The molecule has 1 N–H and O–H groups in total. The van der Waals surface area contributed by atoms with Crippen LogP contribution in [0.2, 0.25) is 0 Å². The molecule has 0 radical (unpaired) electrons. The maximum Gasteiger partial charge on any atom is 0.226 e. The number of aryl methyl sites for hydroxylation is 2. The van der Waals surface area contributed by atoms with Gasteiger partial charge in [-0.05, 0) is 54.7 Å². The molecule has 6 heteroatoms. The van der Waals surface area contributed by atoms with E-state index in [0.29, 0.717) is 12.2 Å². The maximum atomic E-state index is 14.0. The fourth-order valence-electron chi connectivity index (χ4n) is 3.24. The zero-order chi connectivity index (χ0) is 20.6. The maximum absolute atomic E-state index is 14.0. The molecule has 0 aliphatic heterocycles. The third-order valence-corrected chi connectivity index (χ3v) is 4.52. The van der Waals surface area contributed by atoms with E-state index in [1.165, 1.54) is 6.07 Å². The summed E-state index contributed by atoms with van der Waals surface area (Å²) in [4.78, 5) is 16.9. The normalized spacial score (nSPS) is 11.8. The fourth-order valence-corrected chi connectivity index (χ4v) is 3.24. The number of amides is 1. The van der Waals surface area contributed by atoms with Crippen LogP contribution in [0.4, 0.5) is 14.6 Å². The van der Waals surface area contributed by atoms with Crippen LogP contribution in [0.25, 0.3) is 11.0 Å². The highest BCUT2D eigenvalue weighted by molar-refractivity contribution is 5.93. The van der Waals surface area contributed by atoms with Gasteiger partial charge >= 0.3 is 0 Å². The van der Waals surface area contributed by atoms with E-state index in [4.69, 9.17) is 0 Å². The van der Waals surface area contributed by atoms with Crippen LogP contribution in [0.5, 0.6) is 0 Å². The zero-order valence-corrected chi connectivity index (χ0v) is 16.9. The van der Waals surface area contributed by atoms with Crippen molar-refractivity contribution in [3.8, 4) is 0 Å². The van der Waals surface area contributed by atoms with Crippen molar-refractivity contribution in [1.29, 1.82) is 0 Å². The summed E-state index contributed by atoms with van der Waals surface area (Å²) in [6, 6.07) is 5.36. The first-order chi connectivity index (χ1) is 13.0. The van der Waals surface area contributed by atoms with Gasteiger partial charge in [0.25, 0.3) is 0 Å². The summed E-state index contributed by atoms with van der Waals surface area (Å²) < 4.78 is 29.4. The highest BCUT2D eigenvalue weighted by atomic mass is 19.1. The monoisotopic (exact) mass is 385 g/mol. The number of benzene rings is 1. The molecule has 0 aliphatic carbocycles. The molecule has 1 aromatic carbocycles. The van der Waals surface area contributed by atoms with Gasteiger partial charge in [0.05, 0.1) is 17.6 Å². The Balaban J connectivity index is 1.95. The van der Waals surface area contributed by atoms with E-state index < -0.39 is 11.6 Å². The molecule has 3 rings (SSSR count). The van der Waals surface area contributed by atoms with Crippen LogP contribution in [0.15, 0.2) is 30.5 Å². The van der Waals surface area contributed by atoms with E-state index in [2.05, 4.69) is 10.3 Å². The van der Waals surface area contributed by atoms with Gasteiger partial charge in [0.2, 0.25) is 5.91 Å². The fraction of sp³-hybridized carbons (Fsp3) is 0.364. The Kier molecular flexibility index (Phi) is 5.24. The Morgan fingerprint density at radius 3 is 2.54 bits per heavy atom. The quantitative estimate of drug-likeness (QED) is 0.658. The Hall–Kier alpha value is -2.76. The van der Waals surface area contributed by atoms with E-state index in [1.807, 2.05) is 51.4 Å². The van der Waals surface area contributed by atoms with E-state index in [0.717, 1.165) is 34.3 Å². The van der Waals surface area contributed by atoms with Gasteiger partial charge in [-0.3, -0.25) is 4.79 Å². The molecule has 1 amide bonds. The van der Waals surface area contributed by atoms with E-state index in [9.17, 15) is 13.6 Å². The van der Waals surface area contributed by atoms with Crippen molar-refractivity contribution < 1.29 is 13.6 Å². The van der Waals surface area contributed by atoms with Crippen LogP contribution in [-0.4, -0.2) is 15.5 Å². The van der Waals surface area contributed by atoms with Gasteiger partial charge < -0.3 is 9.88 Å². The van der Waals surface area contributed by atoms with Gasteiger partial charge in [0.1, 0.15) is 17.5 Å². The largest absolute Gasteiger partial charge is 0.341 e. The van der Waals surface area contributed by atoms with Crippen LogP contribution in [0, 0.1) is 30.9 Å². The molecule has 3 aromatic rings. The molecule has 2 heterocycles. The predicted octanol–water partition coefficient (Wildman–Crippen LogP) is 5.35. The molecule has 0 atom stereocenters. The molecule has 0 unspecified atom stereocenters. The zero-order valence-electron chi connectivity index (χ0n) is 16.9. The average Bonchev–Trinajstić information content (AvgIpc) is 2.85. The highest BCUT2D eigenvalue weighted by Gasteiger charge is 2.18. The number of nitrogens with one attached hydrogen (secondary N) is 1. The number of nitrogens with zero attached hydrogens (tertiary/aromatic N) is 2. The number of carbonyl (C=O) groups is 1. The number of halogens is 2. The second-order valence-corrected chi connectivity index (χ2v) is 8.48. The molecule has 4 nitrogen and oxygen atoms in total. The number of rotatable bonds is 4. The first-order valence-corrected chi connectivity index (χ1v) is 9.24. The predicted molar refractivity (Wildman–Crippen MR) is 107 cm³/mol. The van der Waals surface area contributed by atoms with E-state index >= 15 is 0 Å². The SMILES string of the molecule is Cc1cc2c(nc1NC(=O)CC(C)(C)C)c(C)cn2Cc1cc(F)ccc1F. The third-order valence-electron chi connectivity index (χ3n) is 4.52. The number of anilines is 1. The minimum absolute atomic E-state index is 0.0821. The third kappa shape index (κ3) is 4.38. The van der Waals surface area contributed by atoms with Crippen molar-refractivity contribution in [3.63, 3.8) is 0 Å². The van der Waals surface area contributed by atoms with Crippen LogP contribution in [-0.2, 0) is 11.3 Å². The molecule has 0 bridgehead atoms. The van der Waals surface area contributed by atoms with Gasteiger partial charge in [0.15, 0.2) is 0 Å². The Morgan fingerprint density at radius 2 is 1.86 bits per heavy atom. The number of pyridine rings is 1. The van der Waals surface area contributed by atoms with Gasteiger partial charge in [-0.15, -0.1) is 0 Å². The van der Waals surface area contributed by atoms with Crippen molar-refractivity contribution in [1.82, 2.24) is 9.55 Å². The van der Waals surface area contributed by atoms with Crippen LogP contribution in [0.3, 0.4) is 0 Å². The molecule has 0 fully saturated rings. The number of carbonyl (C=O) groups excluding carboxylic acids is 1. The standard InChI is InChI=1S/C22H25F2N3O/c1-13-8-18-20(26-21(13)25-19(28)10-22(3,4)5)14(2)11-27(18)12-15-9-16(23)6-7-17(15)24/h6-9,11H,10,12H2,1-5H3,(H,25,26,28). The minimum Gasteiger partial charge on any atom is -0.341 e. The lowest BCUT2D eigenvalue weighted by atomic mass is 9.92. The summed E-state index contributed by atoms with van der Waals surface area (Å²) in [5.41, 5.74) is 3.42. The summed E-state index contributed by atoms with van der Waals surface area (Å²) in [5.74, 6) is -0.472. The number of hydrogen-bond acceptors (Lipinski definition) is 2. The van der Waals surface area contributed by atoms with Crippen molar-refractivity contribution in [3.05, 3.63) is 58.8 Å². The lowest BCUT2D eigenvalue weighted by Gasteiger charge is -2.17. The molecule has 0 aliphatic rings.